The predicted octanol–water partition coefficient (Wildman–Crippen LogP) is 3.38. The third kappa shape index (κ3) is 3.71. The van der Waals surface area contributed by atoms with Crippen LogP contribution < -0.4 is 19.5 Å². The van der Waals surface area contributed by atoms with Gasteiger partial charge in [0.25, 0.3) is 0 Å². The molecule has 1 aliphatic rings. The minimum absolute atomic E-state index is 0.0766. The quantitative estimate of drug-likeness (QED) is 0.875. The van der Waals surface area contributed by atoms with Crippen LogP contribution in [-0.2, 0) is 24.1 Å². The van der Waals surface area contributed by atoms with Crippen LogP contribution in [0.15, 0.2) is 30.3 Å². The third-order valence-electron chi connectivity index (χ3n) is 4.47. The first kappa shape index (κ1) is 17.1. The van der Waals surface area contributed by atoms with Crippen LogP contribution in [0.2, 0.25) is 0 Å². The SMILES string of the molecule is COc1cc(CC(=O)Nc2ccc3c(c2)CCC3)cc(OC)c1OC. The molecule has 0 heterocycles. The van der Waals surface area contributed by atoms with Crippen molar-refractivity contribution >= 4 is 11.6 Å². The van der Waals surface area contributed by atoms with Crippen molar-refractivity contribution in [2.45, 2.75) is 25.7 Å². The van der Waals surface area contributed by atoms with Crippen LogP contribution in [0.25, 0.3) is 0 Å². The van der Waals surface area contributed by atoms with Crippen molar-refractivity contribution in [3.63, 3.8) is 0 Å². The van der Waals surface area contributed by atoms with E-state index in [4.69, 9.17) is 14.2 Å². The highest BCUT2D eigenvalue weighted by molar-refractivity contribution is 5.92. The molecule has 3 rings (SSSR count). The molecular weight excluding hydrogens is 318 g/mol. The number of anilines is 1. The van der Waals surface area contributed by atoms with Crippen LogP contribution in [0.3, 0.4) is 0 Å². The Balaban J connectivity index is 1.74. The maximum Gasteiger partial charge on any atom is 0.228 e. The van der Waals surface area contributed by atoms with Crippen molar-refractivity contribution < 1.29 is 19.0 Å². The molecule has 0 aromatic heterocycles. The Bertz CT molecular complexity index is 760. The topological polar surface area (TPSA) is 56.8 Å². The van der Waals surface area contributed by atoms with E-state index in [0.717, 1.165) is 24.1 Å². The molecule has 0 saturated carbocycles. The number of amides is 1. The van der Waals surface area contributed by atoms with Gasteiger partial charge in [0.15, 0.2) is 11.5 Å². The zero-order valence-corrected chi connectivity index (χ0v) is 14.8. The Morgan fingerprint density at radius 2 is 1.64 bits per heavy atom. The van der Waals surface area contributed by atoms with Crippen molar-refractivity contribution in [1.29, 1.82) is 0 Å². The summed E-state index contributed by atoms with van der Waals surface area (Å²) in [6, 6.07) is 9.75. The molecule has 2 aromatic carbocycles. The Morgan fingerprint density at radius 3 is 2.28 bits per heavy atom. The smallest absolute Gasteiger partial charge is 0.228 e. The van der Waals surface area contributed by atoms with Gasteiger partial charge < -0.3 is 19.5 Å². The summed E-state index contributed by atoms with van der Waals surface area (Å²) in [7, 11) is 4.68. The van der Waals surface area contributed by atoms with Crippen LogP contribution in [0.5, 0.6) is 17.2 Å². The second-order valence-electron chi connectivity index (χ2n) is 6.10. The molecule has 0 aliphatic heterocycles. The van der Waals surface area contributed by atoms with Gasteiger partial charge in [0, 0.05) is 5.69 Å². The highest BCUT2D eigenvalue weighted by Crippen LogP contribution is 2.38. The standard InChI is InChI=1S/C20H23NO4/c1-23-17-9-13(10-18(24-2)20(17)25-3)11-19(22)21-16-8-7-14-5-4-6-15(14)12-16/h7-10,12H,4-6,11H2,1-3H3,(H,21,22). The molecule has 132 valence electrons. The van der Waals surface area contributed by atoms with Gasteiger partial charge in [-0.05, 0) is 60.2 Å². The highest BCUT2D eigenvalue weighted by atomic mass is 16.5. The third-order valence-corrected chi connectivity index (χ3v) is 4.47. The van der Waals surface area contributed by atoms with Crippen LogP contribution in [0, 0.1) is 0 Å². The van der Waals surface area contributed by atoms with Gasteiger partial charge in [0.1, 0.15) is 0 Å². The zero-order chi connectivity index (χ0) is 17.8. The van der Waals surface area contributed by atoms with Gasteiger partial charge in [-0.25, -0.2) is 0 Å². The van der Waals surface area contributed by atoms with Crippen molar-refractivity contribution in [2.75, 3.05) is 26.6 Å². The number of hydrogen-bond acceptors (Lipinski definition) is 4. The lowest BCUT2D eigenvalue weighted by molar-refractivity contribution is -0.115. The van der Waals surface area contributed by atoms with E-state index < -0.39 is 0 Å². The molecule has 0 bridgehead atoms. The van der Waals surface area contributed by atoms with E-state index in [9.17, 15) is 4.79 Å². The largest absolute Gasteiger partial charge is 0.493 e. The number of ether oxygens (including phenoxy) is 3. The summed E-state index contributed by atoms with van der Waals surface area (Å²) in [5.41, 5.74) is 4.37. The van der Waals surface area contributed by atoms with Crippen molar-refractivity contribution in [3.05, 3.63) is 47.0 Å². The second-order valence-corrected chi connectivity index (χ2v) is 6.10. The number of methoxy groups -OCH3 is 3. The lowest BCUT2D eigenvalue weighted by Crippen LogP contribution is -2.14. The number of carbonyl (C=O) groups is 1. The summed E-state index contributed by atoms with van der Waals surface area (Å²) in [5, 5.41) is 2.97. The number of aryl methyl sites for hydroxylation is 2. The molecule has 1 amide bonds. The summed E-state index contributed by atoms with van der Waals surface area (Å²) in [4.78, 5) is 12.4. The Hall–Kier alpha value is -2.69. The molecule has 0 spiro atoms. The number of hydrogen-bond donors (Lipinski definition) is 1. The van der Waals surface area contributed by atoms with E-state index in [1.165, 1.54) is 17.5 Å². The molecule has 0 unspecified atom stereocenters. The maximum absolute atomic E-state index is 12.4. The van der Waals surface area contributed by atoms with Gasteiger partial charge in [0.2, 0.25) is 11.7 Å². The molecule has 0 fully saturated rings. The molecule has 0 radical (unpaired) electrons. The van der Waals surface area contributed by atoms with Gasteiger partial charge in [0.05, 0.1) is 27.8 Å². The minimum atomic E-state index is -0.0766. The van der Waals surface area contributed by atoms with E-state index in [1.54, 1.807) is 33.5 Å². The van der Waals surface area contributed by atoms with Gasteiger partial charge in [-0.2, -0.15) is 0 Å². The fraction of sp³-hybridized carbons (Fsp3) is 0.350. The first-order chi connectivity index (χ1) is 12.1. The van der Waals surface area contributed by atoms with Gasteiger partial charge >= 0.3 is 0 Å². The minimum Gasteiger partial charge on any atom is -0.493 e. The molecule has 2 aromatic rings. The number of benzene rings is 2. The monoisotopic (exact) mass is 341 g/mol. The summed E-state index contributed by atoms with van der Waals surface area (Å²) in [5.74, 6) is 1.53. The van der Waals surface area contributed by atoms with Gasteiger partial charge in [-0.15, -0.1) is 0 Å². The van der Waals surface area contributed by atoms with Crippen LogP contribution in [0.1, 0.15) is 23.1 Å². The van der Waals surface area contributed by atoms with Gasteiger partial charge in [-0.3, -0.25) is 4.79 Å². The van der Waals surface area contributed by atoms with Crippen molar-refractivity contribution in [3.8, 4) is 17.2 Å². The molecule has 5 heteroatoms. The van der Waals surface area contributed by atoms with E-state index >= 15 is 0 Å². The van der Waals surface area contributed by atoms with Gasteiger partial charge in [-0.1, -0.05) is 6.07 Å². The normalized spacial score (nSPS) is 12.4. The first-order valence-corrected chi connectivity index (χ1v) is 8.35. The molecule has 1 N–H and O–H groups in total. The van der Waals surface area contributed by atoms with Crippen LogP contribution >= 0.6 is 0 Å². The first-order valence-electron chi connectivity index (χ1n) is 8.35. The van der Waals surface area contributed by atoms with E-state index in [-0.39, 0.29) is 12.3 Å². The number of nitrogens with one attached hydrogen (secondary N) is 1. The lowest BCUT2D eigenvalue weighted by atomic mass is 10.1. The van der Waals surface area contributed by atoms with E-state index in [0.29, 0.717) is 17.2 Å². The molecule has 0 atom stereocenters. The fourth-order valence-corrected chi connectivity index (χ4v) is 3.28. The predicted molar refractivity (Wildman–Crippen MR) is 96.9 cm³/mol. The highest BCUT2D eigenvalue weighted by Gasteiger charge is 2.16. The molecule has 0 saturated heterocycles. The Kier molecular flexibility index (Phi) is 5.12. The Labute approximate surface area is 147 Å². The summed E-state index contributed by atoms with van der Waals surface area (Å²) >= 11 is 0. The number of fused-ring (bicyclic) bond motifs is 1. The van der Waals surface area contributed by atoms with Crippen molar-refractivity contribution in [2.24, 2.45) is 0 Å². The lowest BCUT2D eigenvalue weighted by Gasteiger charge is -2.14. The summed E-state index contributed by atoms with van der Waals surface area (Å²) in [6.45, 7) is 0. The van der Waals surface area contributed by atoms with Crippen LogP contribution in [0.4, 0.5) is 5.69 Å². The second kappa shape index (κ2) is 7.47. The zero-order valence-electron chi connectivity index (χ0n) is 14.8. The summed E-state index contributed by atoms with van der Waals surface area (Å²) in [6.07, 6.45) is 3.65. The number of carbonyl (C=O) groups excluding carboxylic acids is 1. The average Bonchev–Trinajstić information content (AvgIpc) is 3.08. The summed E-state index contributed by atoms with van der Waals surface area (Å²) < 4.78 is 16.0. The van der Waals surface area contributed by atoms with E-state index in [2.05, 4.69) is 17.4 Å². The molecular formula is C20H23NO4. The van der Waals surface area contributed by atoms with Crippen LogP contribution in [-0.4, -0.2) is 27.2 Å². The molecule has 1 aliphatic carbocycles. The van der Waals surface area contributed by atoms with E-state index in [1.807, 2.05) is 6.07 Å². The molecule has 5 nitrogen and oxygen atoms in total. The Morgan fingerprint density at radius 1 is 0.960 bits per heavy atom. The maximum atomic E-state index is 12.4. The average molecular weight is 341 g/mol. The van der Waals surface area contributed by atoms with Crippen molar-refractivity contribution in [1.82, 2.24) is 0 Å². The fourth-order valence-electron chi connectivity index (χ4n) is 3.28. The number of rotatable bonds is 6. The molecule has 25 heavy (non-hydrogen) atoms.